The standard InChI is InChI=1S/C16H21BrN6/c1-18-16(19-10-12-6-8-20-22-12)21-13-7-9-23(11-13)15-5-3-2-4-14(15)17/h2-6,8,13H,7,9-11H2,1H3,(H,20,22)(H2,18,19,21). The Kier molecular flexibility index (Phi) is 5.17. The number of benzene rings is 1. The van der Waals surface area contributed by atoms with E-state index in [-0.39, 0.29) is 0 Å². The zero-order valence-corrected chi connectivity index (χ0v) is 14.7. The van der Waals surface area contributed by atoms with E-state index < -0.39 is 0 Å². The molecule has 1 aliphatic rings. The predicted molar refractivity (Wildman–Crippen MR) is 96.7 cm³/mol. The minimum atomic E-state index is 0.384. The largest absolute Gasteiger partial charge is 0.368 e. The van der Waals surface area contributed by atoms with E-state index in [2.05, 4.69) is 64.9 Å². The van der Waals surface area contributed by atoms with Crippen LogP contribution >= 0.6 is 15.9 Å². The molecule has 1 fully saturated rings. The Morgan fingerprint density at radius 3 is 3.04 bits per heavy atom. The first-order valence-corrected chi connectivity index (χ1v) is 8.50. The van der Waals surface area contributed by atoms with E-state index in [1.54, 1.807) is 13.2 Å². The summed E-state index contributed by atoms with van der Waals surface area (Å²) in [6.07, 6.45) is 2.84. The minimum absolute atomic E-state index is 0.384. The molecule has 0 radical (unpaired) electrons. The quantitative estimate of drug-likeness (QED) is 0.564. The van der Waals surface area contributed by atoms with Gasteiger partial charge in [-0.05, 0) is 40.5 Å². The summed E-state index contributed by atoms with van der Waals surface area (Å²) in [4.78, 5) is 6.69. The molecule has 0 bridgehead atoms. The van der Waals surface area contributed by atoms with Crippen LogP contribution in [0.25, 0.3) is 0 Å². The van der Waals surface area contributed by atoms with Gasteiger partial charge in [-0.1, -0.05) is 12.1 Å². The Balaban J connectivity index is 1.53. The fourth-order valence-corrected chi connectivity index (χ4v) is 3.29. The molecule has 1 atom stereocenters. The molecule has 1 aromatic carbocycles. The molecule has 6 nitrogen and oxygen atoms in total. The predicted octanol–water partition coefficient (Wildman–Crippen LogP) is 2.12. The maximum Gasteiger partial charge on any atom is 0.191 e. The summed E-state index contributed by atoms with van der Waals surface area (Å²) in [5, 5.41) is 13.7. The number of aromatic nitrogens is 2. The number of anilines is 1. The summed E-state index contributed by atoms with van der Waals surface area (Å²) in [6.45, 7) is 2.69. The van der Waals surface area contributed by atoms with Crippen LogP contribution in [-0.2, 0) is 6.54 Å². The van der Waals surface area contributed by atoms with Crippen LogP contribution in [0, 0.1) is 0 Å². The highest BCUT2D eigenvalue weighted by atomic mass is 79.9. The topological polar surface area (TPSA) is 68.3 Å². The number of hydrogen-bond donors (Lipinski definition) is 3. The van der Waals surface area contributed by atoms with E-state index in [9.17, 15) is 0 Å². The Morgan fingerprint density at radius 2 is 2.30 bits per heavy atom. The second-order valence-corrected chi connectivity index (χ2v) is 6.39. The highest BCUT2D eigenvalue weighted by Crippen LogP contribution is 2.28. The van der Waals surface area contributed by atoms with Crippen LogP contribution in [0.2, 0.25) is 0 Å². The van der Waals surface area contributed by atoms with Gasteiger partial charge in [0.05, 0.1) is 17.9 Å². The maximum absolute atomic E-state index is 4.30. The van der Waals surface area contributed by atoms with Crippen molar-refractivity contribution in [3.05, 3.63) is 46.7 Å². The minimum Gasteiger partial charge on any atom is -0.368 e. The van der Waals surface area contributed by atoms with Gasteiger partial charge in [-0.25, -0.2) is 0 Å². The number of halogens is 1. The molecule has 2 heterocycles. The van der Waals surface area contributed by atoms with Gasteiger partial charge < -0.3 is 15.5 Å². The van der Waals surface area contributed by atoms with Gasteiger partial charge in [0.15, 0.2) is 5.96 Å². The summed E-state index contributed by atoms with van der Waals surface area (Å²) in [7, 11) is 1.79. The van der Waals surface area contributed by atoms with Crippen LogP contribution in [0.15, 0.2) is 46.0 Å². The van der Waals surface area contributed by atoms with Crippen LogP contribution in [0.3, 0.4) is 0 Å². The maximum atomic E-state index is 4.30. The third kappa shape index (κ3) is 4.04. The number of nitrogens with zero attached hydrogens (tertiary/aromatic N) is 3. The lowest BCUT2D eigenvalue weighted by atomic mass is 10.2. The molecule has 1 saturated heterocycles. The molecule has 2 aromatic rings. The summed E-state index contributed by atoms with van der Waals surface area (Å²) < 4.78 is 1.14. The molecule has 122 valence electrons. The summed E-state index contributed by atoms with van der Waals surface area (Å²) in [6, 6.07) is 10.7. The molecule has 3 rings (SSSR count). The SMILES string of the molecule is CN=C(NCc1ccn[nH]1)NC1CCN(c2ccccc2Br)C1. The number of nitrogens with one attached hydrogen (secondary N) is 3. The molecule has 1 unspecified atom stereocenters. The van der Waals surface area contributed by atoms with Crippen molar-refractivity contribution in [1.82, 2.24) is 20.8 Å². The summed E-state index contributed by atoms with van der Waals surface area (Å²) in [5.41, 5.74) is 2.28. The third-order valence-electron chi connectivity index (χ3n) is 3.95. The molecule has 0 amide bonds. The number of rotatable bonds is 4. The zero-order chi connectivity index (χ0) is 16.1. The lowest BCUT2D eigenvalue weighted by Gasteiger charge is -2.21. The fraction of sp³-hybridized carbons (Fsp3) is 0.375. The first-order valence-electron chi connectivity index (χ1n) is 7.71. The molecule has 0 saturated carbocycles. The number of aliphatic imine (C=N–C) groups is 1. The van der Waals surface area contributed by atoms with Gasteiger partial charge in [-0.2, -0.15) is 5.10 Å². The van der Waals surface area contributed by atoms with Gasteiger partial charge in [0.25, 0.3) is 0 Å². The monoisotopic (exact) mass is 376 g/mol. The smallest absolute Gasteiger partial charge is 0.191 e. The summed E-state index contributed by atoms with van der Waals surface area (Å²) in [5.74, 6) is 0.818. The van der Waals surface area contributed by atoms with E-state index in [0.717, 1.165) is 35.6 Å². The molecule has 23 heavy (non-hydrogen) atoms. The van der Waals surface area contributed by atoms with Crippen molar-refractivity contribution in [2.45, 2.75) is 19.0 Å². The van der Waals surface area contributed by atoms with E-state index in [1.165, 1.54) is 5.69 Å². The number of H-pyrrole nitrogens is 1. The molecule has 3 N–H and O–H groups in total. The second kappa shape index (κ2) is 7.50. The van der Waals surface area contributed by atoms with Crippen molar-refractivity contribution in [2.75, 3.05) is 25.0 Å². The first-order chi connectivity index (χ1) is 11.3. The van der Waals surface area contributed by atoms with E-state index >= 15 is 0 Å². The normalized spacial score (nSPS) is 18.3. The van der Waals surface area contributed by atoms with E-state index in [1.807, 2.05) is 12.1 Å². The van der Waals surface area contributed by atoms with Crippen molar-refractivity contribution in [3.8, 4) is 0 Å². The average Bonchev–Trinajstić information content (AvgIpc) is 3.23. The van der Waals surface area contributed by atoms with Gasteiger partial charge in [0, 0.05) is 36.8 Å². The van der Waals surface area contributed by atoms with Crippen LogP contribution < -0.4 is 15.5 Å². The van der Waals surface area contributed by atoms with Crippen molar-refractivity contribution in [2.24, 2.45) is 4.99 Å². The highest BCUT2D eigenvalue weighted by Gasteiger charge is 2.24. The van der Waals surface area contributed by atoms with E-state index in [4.69, 9.17) is 0 Å². The van der Waals surface area contributed by atoms with Crippen molar-refractivity contribution < 1.29 is 0 Å². The fourth-order valence-electron chi connectivity index (χ4n) is 2.76. The first kappa shape index (κ1) is 15.9. The van der Waals surface area contributed by atoms with Gasteiger partial charge in [0.2, 0.25) is 0 Å². The Hall–Kier alpha value is -2.02. The van der Waals surface area contributed by atoms with Crippen LogP contribution in [0.4, 0.5) is 5.69 Å². The molecule has 0 spiro atoms. The van der Waals surface area contributed by atoms with Crippen LogP contribution in [-0.4, -0.2) is 42.3 Å². The molecular weight excluding hydrogens is 356 g/mol. The number of guanidine groups is 1. The van der Waals surface area contributed by atoms with Crippen molar-refractivity contribution in [1.29, 1.82) is 0 Å². The van der Waals surface area contributed by atoms with Gasteiger partial charge >= 0.3 is 0 Å². The van der Waals surface area contributed by atoms with E-state index in [0.29, 0.717) is 12.6 Å². The zero-order valence-electron chi connectivity index (χ0n) is 13.1. The van der Waals surface area contributed by atoms with Crippen LogP contribution in [0.1, 0.15) is 12.1 Å². The van der Waals surface area contributed by atoms with Crippen molar-refractivity contribution in [3.63, 3.8) is 0 Å². The van der Waals surface area contributed by atoms with Gasteiger partial charge in [0.1, 0.15) is 0 Å². The average molecular weight is 377 g/mol. The Bertz CT molecular complexity index is 654. The van der Waals surface area contributed by atoms with Crippen molar-refractivity contribution >= 4 is 27.6 Å². The molecular formula is C16H21BrN6. The molecule has 0 aliphatic carbocycles. The highest BCUT2D eigenvalue weighted by molar-refractivity contribution is 9.10. The summed E-state index contributed by atoms with van der Waals surface area (Å²) >= 11 is 3.63. The van der Waals surface area contributed by atoms with Gasteiger partial charge in [-0.15, -0.1) is 0 Å². The molecule has 1 aliphatic heterocycles. The Morgan fingerprint density at radius 1 is 1.43 bits per heavy atom. The lowest BCUT2D eigenvalue weighted by Crippen LogP contribution is -2.44. The lowest BCUT2D eigenvalue weighted by molar-refractivity contribution is 0.647. The molecule has 1 aromatic heterocycles. The van der Waals surface area contributed by atoms with Gasteiger partial charge in [-0.3, -0.25) is 10.1 Å². The third-order valence-corrected chi connectivity index (χ3v) is 4.62. The Labute approximate surface area is 144 Å². The second-order valence-electron chi connectivity index (χ2n) is 5.54. The molecule has 7 heteroatoms. The van der Waals surface area contributed by atoms with Crippen LogP contribution in [0.5, 0.6) is 0 Å². The number of hydrogen-bond acceptors (Lipinski definition) is 3. The number of para-hydroxylation sites is 1. The number of aromatic amines is 1.